The summed E-state index contributed by atoms with van der Waals surface area (Å²) in [5.41, 5.74) is 0.238. The highest BCUT2D eigenvalue weighted by molar-refractivity contribution is 5.35. The minimum absolute atomic E-state index is 0.0908. The van der Waals surface area contributed by atoms with E-state index >= 15 is 0 Å². The quantitative estimate of drug-likeness (QED) is 0.486. The molecule has 0 N–H and O–H groups in total. The van der Waals surface area contributed by atoms with Crippen molar-refractivity contribution < 1.29 is 4.86 Å². The highest BCUT2D eigenvalue weighted by Gasteiger charge is 2.92. The van der Waals surface area contributed by atoms with Gasteiger partial charge in [-0.15, -0.1) is 0 Å². The Balaban J connectivity index is 1.77. The molecule has 0 amide bonds. The molecular formula is C16H24N2O. The molecule has 3 heteroatoms. The van der Waals surface area contributed by atoms with Gasteiger partial charge in [0.2, 0.25) is 5.54 Å². The summed E-state index contributed by atoms with van der Waals surface area (Å²) in [6.07, 6.45) is 4.08. The van der Waals surface area contributed by atoms with Crippen LogP contribution in [0.25, 0.3) is 0 Å². The lowest BCUT2D eigenvalue weighted by molar-refractivity contribution is -0.615. The first-order chi connectivity index (χ1) is 8.87. The van der Waals surface area contributed by atoms with Gasteiger partial charge in [-0.05, 0) is 47.0 Å². The summed E-state index contributed by atoms with van der Waals surface area (Å²) in [5, 5.41) is 17.3. The van der Waals surface area contributed by atoms with Crippen molar-refractivity contribution in [1.82, 2.24) is 0 Å². The molecule has 104 valence electrons. The molecule has 0 spiro atoms. The number of nitrogens with zero attached hydrogens (tertiary/aromatic N) is 2. The van der Waals surface area contributed by atoms with Crippen molar-refractivity contribution >= 4 is 0 Å². The average molecular weight is 260 g/mol. The van der Waals surface area contributed by atoms with Crippen molar-refractivity contribution in [2.24, 2.45) is 45.5 Å². The van der Waals surface area contributed by atoms with Crippen molar-refractivity contribution in [3.8, 4) is 0 Å². The molecule has 5 rings (SSSR count). The van der Waals surface area contributed by atoms with Gasteiger partial charge in [0.1, 0.15) is 6.04 Å². The van der Waals surface area contributed by atoms with Crippen molar-refractivity contribution in [2.75, 3.05) is 0 Å². The maximum absolute atomic E-state index is 12.6. The second kappa shape index (κ2) is 2.60. The van der Waals surface area contributed by atoms with Gasteiger partial charge < -0.3 is 5.21 Å². The van der Waals surface area contributed by atoms with Crippen molar-refractivity contribution in [3.05, 3.63) is 5.21 Å². The van der Waals surface area contributed by atoms with Crippen LogP contribution in [0.3, 0.4) is 0 Å². The lowest BCUT2D eigenvalue weighted by Crippen LogP contribution is -2.56. The van der Waals surface area contributed by atoms with E-state index in [-0.39, 0.29) is 11.0 Å². The van der Waals surface area contributed by atoms with Crippen LogP contribution in [0.5, 0.6) is 0 Å². The Bertz CT molecular complexity index is 527. The fourth-order valence-corrected chi connectivity index (χ4v) is 7.50. The first kappa shape index (κ1) is 11.1. The van der Waals surface area contributed by atoms with E-state index in [4.69, 9.17) is 0 Å². The van der Waals surface area contributed by atoms with Crippen LogP contribution in [0, 0.1) is 45.6 Å². The van der Waals surface area contributed by atoms with E-state index < -0.39 is 0 Å². The molecular weight excluding hydrogens is 236 g/mol. The Morgan fingerprint density at radius 3 is 2.42 bits per heavy atom. The van der Waals surface area contributed by atoms with E-state index in [9.17, 15) is 5.21 Å². The molecule has 8 atom stereocenters. The van der Waals surface area contributed by atoms with Gasteiger partial charge in [0, 0.05) is 12.3 Å². The van der Waals surface area contributed by atoms with Crippen LogP contribution in [-0.4, -0.2) is 16.4 Å². The van der Waals surface area contributed by atoms with E-state index in [1.54, 1.807) is 0 Å². The largest absolute Gasteiger partial charge is 0.599 e. The smallest absolute Gasteiger partial charge is 0.207 e. The Morgan fingerprint density at radius 2 is 1.68 bits per heavy atom. The molecule has 1 heterocycles. The van der Waals surface area contributed by atoms with Gasteiger partial charge in [-0.2, -0.15) is 0 Å². The van der Waals surface area contributed by atoms with Gasteiger partial charge >= 0.3 is 0 Å². The average Bonchev–Trinajstić information content (AvgIpc) is 2.68. The van der Waals surface area contributed by atoms with Crippen LogP contribution in [0.2, 0.25) is 0 Å². The standard InChI is InChI=1S/C16H24N2O/c1-14(2)15(3)10-8-6-5-7-9(8)13-12(11(10)15)16(14,4)18(19)17-13/h8-13H,5-7H2,1-4H3/t8-,9+,10-,11-,12-,13+,15-,16+/m1/s1. The number of azo groups is 1. The molecule has 3 nitrogen and oxygen atoms in total. The molecule has 0 saturated heterocycles. The third-order valence-corrected chi connectivity index (χ3v) is 8.84. The molecule has 4 aliphatic carbocycles. The zero-order chi connectivity index (χ0) is 13.4. The third-order valence-electron chi connectivity index (χ3n) is 8.84. The number of hydrogen-bond acceptors (Lipinski definition) is 2. The van der Waals surface area contributed by atoms with Crippen LogP contribution >= 0.6 is 0 Å². The zero-order valence-electron chi connectivity index (χ0n) is 12.4. The Kier molecular flexibility index (Phi) is 1.52. The summed E-state index contributed by atoms with van der Waals surface area (Å²) in [4.78, 5) is 1.15. The molecule has 0 aromatic carbocycles. The van der Waals surface area contributed by atoms with E-state index in [0.717, 1.165) is 28.5 Å². The second-order valence-corrected chi connectivity index (χ2v) is 8.77. The monoisotopic (exact) mass is 260 g/mol. The lowest BCUT2D eigenvalue weighted by atomic mass is 9.57. The normalized spacial score (nSPS) is 66.6. The van der Waals surface area contributed by atoms with Crippen molar-refractivity contribution in [2.45, 2.75) is 58.5 Å². The lowest BCUT2D eigenvalue weighted by Gasteiger charge is -2.45. The summed E-state index contributed by atoms with van der Waals surface area (Å²) in [6, 6.07) is 0.347. The van der Waals surface area contributed by atoms with Gasteiger partial charge in [-0.1, -0.05) is 32.1 Å². The Hall–Kier alpha value is -0.600. The topological polar surface area (TPSA) is 38.4 Å². The van der Waals surface area contributed by atoms with Gasteiger partial charge in [-0.25, -0.2) is 0 Å². The van der Waals surface area contributed by atoms with Gasteiger partial charge in [0.15, 0.2) is 0 Å². The summed E-state index contributed by atoms with van der Waals surface area (Å²) >= 11 is 0. The summed E-state index contributed by atoms with van der Waals surface area (Å²) in [6.45, 7) is 9.38. The van der Waals surface area contributed by atoms with Gasteiger partial charge in [0.05, 0.1) is 5.92 Å². The maximum Gasteiger partial charge on any atom is 0.207 e. The van der Waals surface area contributed by atoms with Gasteiger partial charge in [-0.3, -0.25) is 0 Å². The number of hydroxylamine groups is 1. The minimum Gasteiger partial charge on any atom is -0.599 e. The SMILES string of the molecule is CC1(C)[C@]2(C)[C@@H]3[C@@H]4CCC[C@@H]4[C@@H]4N=[N+]([O-])[C@@]1(C)[C@@H]4[C@@H]32. The van der Waals surface area contributed by atoms with Crippen LogP contribution in [0.1, 0.15) is 47.0 Å². The minimum atomic E-state index is -0.249. The van der Waals surface area contributed by atoms with E-state index in [1.165, 1.54) is 19.3 Å². The summed E-state index contributed by atoms with van der Waals surface area (Å²) < 4.78 is 0. The molecule has 0 unspecified atom stereocenters. The molecule has 0 aromatic rings. The highest BCUT2D eigenvalue weighted by Crippen LogP contribution is 2.87. The number of hydrogen-bond donors (Lipinski definition) is 0. The third kappa shape index (κ3) is 0.766. The van der Waals surface area contributed by atoms with Crippen molar-refractivity contribution in [3.63, 3.8) is 0 Å². The fourth-order valence-electron chi connectivity index (χ4n) is 7.50. The molecule has 0 radical (unpaired) electrons. The van der Waals surface area contributed by atoms with Crippen molar-refractivity contribution in [1.29, 1.82) is 0 Å². The number of rotatable bonds is 0. The predicted molar refractivity (Wildman–Crippen MR) is 71.4 cm³/mol. The van der Waals surface area contributed by atoms with Crippen LogP contribution in [-0.2, 0) is 0 Å². The predicted octanol–water partition coefficient (Wildman–Crippen LogP) is 3.43. The molecule has 4 fully saturated rings. The van der Waals surface area contributed by atoms with Gasteiger partial charge in [0.25, 0.3) is 0 Å². The molecule has 0 aromatic heterocycles. The van der Waals surface area contributed by atoms with Crippen LogP contribution in [0.15, 0.2) is 5.11 Å². The second-order valence-electron chi connectivity index (χ2n) is 8.77. The highest BCUT2D eigenvalue weighted by atomic mass is 16.5. The summed E-state index contributed by atoms with van der Waals surface area (Å²) in [7, 11) is 0. The molecule has 1 aliphatic heterocycles. The fraction of sp³-hybridized carbons (Fsp3) is 1.00. The maximum atomic E-state index is 12.6. The first-order valence-electron chi connectivity index (χ1n) is 8.05. The van der Waals surface area contributed by atoms with E-state index in [2.05, 4.69) is 32.8 Å². The Morgan fingerprint density at radius 1 is 1.00 bits per heavy atom. The molecule has 4 saturated carbocycles. The molecule has 5 aliphatic rings. The van der Waals surface area contributed by atoms with E-state index in [0.29, 0.717) is 17.4 Å². The zero-order valence-corrected chi connectivity index (χ0v) is 12.4. The van der Waals surface area contributed by atoms with Crippen LogP contribution in [0.4, 0.5) is 0 Å². The molecule has 0 bridgehead atoms. The Labute approximate surface area is 115 Å². The van der Waals surface area contributed by atoms with E-state index in [1.807, 2.05) is 0 Å². The summed E-state index contributed by atoms with van der Waals surface area (Å²) in [5.74, 6) is 3.80. The van der Waals surface area contributed by atoms with Crippen LogP contribution < -0.4 is 0 Å². The number of fused-ring (bicyclic) bond motifs is 4. The first-order valence-corrected chi connectivity index (χ1v) is 8.05. The molecule has 19 heavy (non-hydrogen) atoms.